The molecule has 44 valence electrons. The van der Waals surface area contributed by atoms with E-state index in [-0.39, 0.29) is 0 Å². The summed E-state index contributed by atoms with van der Waals surface area (Å²) < 4.78 is 0. The van der Waals surface area contributed by atoms with Crippen molar-refractivity contribution in [3.8, 4) is 0 Å². The van der Waals surface area contributed by atoms with Gasteiger partial charge in [0.2, 0.25) is 0 Å². The number of nitrogens with zero attached hydrogens (tertiary/aromatic N) is 1. The molecular formula is C6H9NO. The first kappa shape index (κ1) is 5.35. The highest BCUT2D eigenvalue weighted by molar-refractivity contribution is 5.63. The first-order chi connectivity index (χ1) is 3.93. The smallest absolute Gasteiger partial charge is 0.0504 e. The molecule has 0 bridgehead atoms. The molecule has 2 nitrogen and oxygen atoms in total. The van der Waals surface area contributed by atoms with Crippen LogP contribution in [-0.2, 0) is 0 Å². The second-order valence-electron chi connectivity index (χ2n) is 1.93. The van der Waals surface area contributed by atoms with E-state index in [2.05, 4.69) is 17.3 Å². The topological polar surface area (TPSA) is 32.6 Å². The summed E-state index contributed by atoms with van der Waals surface area (Å²) in [5.41, 5.74) is 0. The van der Waals surface area contributed by atoms with Gasteiger partial charge in [0.25, 0.3) is 0 Å². The fraction of sp³-hybridized carbons (Fsp3) is 0.500. The van der Waals surface area contributed by atoms with E-state index in [9.17, 15) is 0 Å². The maximum absolute atomic E-state index is 8.06. The molecule has 0 aliphatic heterocycles. The van der Waals surface area contributed by atoms with E-state index in [0.717, 1.165) is 12.8 Å². The summed E-state index contributed by atoms with van der Waals surface area (Å²) in [6, 6.07) is 0. The van der Waals surface area contributed by atoms with Crippen LogP contribution in [-0.4, -0.2) is 11.4 Å². The summed E-state index contributed by atoms with van der Waals surface area (Å²) in [6.45, 7) is 0. The molecule has 0 aromatic heterocycles. The quantitative estimate of drug-likeness (QED) is 0.236. The molecule has 8 heavy (non-hydrogen) atoms. The van der Waals surface area contributed by atoms with Crippen molar-refractivity contribution in [1.29, 1.82) is 0 Å². The molecule has 0 saturated heterocycles. The Hall–Kier alpha value is -0.790. The second kappa shape index (κ2) is 2.50. The van der Waals surface area contributed by atoms with Crippen molar-refractivity contribution >= 4 is 6.21 Å². The van der Waals surface area contributed by atoms with Crippen LogP contribution in [0.1, 0.15) is 12.8 Å². The van der Waals surface area contributed by atoms with Crippen LogP contribution in [0.5, 0.6) is 0 Å². The summed E-state index contributed by atoms with van der Waals surface area (Å²) in [7, 11) is 0. The Labute approximate surface area is 48.5 Å². The Morgan fingerprint density at radius 2 is 2.62 bits per heavy atom. The van der Waals surface area contributed by atoms with Gasteiger partial charge in [-0.05, 0) is 12.8 Å². The monoisotopic (exact) mass is 111 g/mol. The van der Waals surface area contributed by atoms with Crippen molar-refractivity contribution in [1.82, 2.24) is 0 Å². The molecule has 0 saturated carbocycles. The summed E-state index contributed by atoms with van der Waals surface area (Å²) in [6.07, 6.45) is 7.94. The van der Waals surface area contributed by atoms with Crippen molar-refractivity contribution in [3.63, 3.8) is 0 Å². The lowest BCUT2D eigenvalue weighted by Gasteiger charge is -1.92. The zero-order valence-electron chi connectivity index (χ0n) is 4.62. The van der Waals surface area contributed by atoms with Gasteiger partial charge in [0, 0.05) is 5.92 Å². The van der Waals surface area contributed by atoms with Crippen molar-refractivity contribution in [2.45, 2.75) is 12.8 Å². The van der Waals surface area contributed by atoms with Crippen LogP contribution >= 0.6 is 0 Å². The molecule has 1 atom stereocenters. The standard InChI is InChI=1S/C6H9NO/c8-7-5-6-3-1-2-4-6/h1,3,5-6,8H,2,4H2/b7-5+. The Morgan fingerprint density at radius 1 is 1.75 bits per heavy atom. The number of allylic oxidation sites excluding steroid dienone is 2. The molecule has 0 amide bonds. The Morgan fingerprint density at radius 3 is 3.12 bits per heavy atom. The average molecular weight is 111 g/mol. The average Bonchev–Trinajstić information content (AvgIpc) is 2.19. The Balaban J connectivity index is 2.36. The predicted molar refractivity (Wildman–Crippen MR) is 32.1 cm³/mol. The summed E-state index contributed by atoms with van der Waals surface area (Å²) in [4.78, 5) is 0. The summed E-state index contributed by atoms with van der Waals surface area (Å²) in [5.74, 6) is 0.389. The third-order valence-electron chi connectivity index (χ3n) is 1.31. The SMILES string of the molecule is O/N=C/C1C=CCC1. The van der Waals surface area contributed by atoms with Crippen LogP contribution in [0.2, 0.25) is 0 Å². The van der Waals surface area contributed by atoms with Crippen LogP contribution in [0, 0.1) is 5.92 Å². The third-order valence-corrected chi connectivity index (χ3v) is 1.31. The third kappa shape index (κ3) is 1.09. The van der Waals surface area contributed by atoms with E-state index in [1.165, 1.54) is 0 Å². The minimum absolute atomic E-state index is 0.389. The van der Waals surface area contributed by atoms with Crippen molar-refractivity contribution < 1.29 is 5.21 Å². The highest BCUT2D eigenvalue weighted by atomic mass is 16.4. The largest absolute Gasteiger partial charge is 0.411 e. The van der Waals surface area contributed by atoms with E-state index in [1.54, 1.807) is 6.21 Å². The lowest BCUT2D eigenvalue weighted by atomic mass is 10.1. The number of rotatable bonds is 1. The lowest BCUT2D eigenvalue weighted by Crippen LogP contribution is -1.90. The zero-order valence-corrected chi connectivity index (χ0v) is 4.62. The predicted octanol–water partition coefficient (Wildman–Crippen LogP) is 1.41. The Bertz CT molecular complexity index is 118. The molecule has 1 unspecified atom stereocenters. The number of hydrogen-bond donors (Lipinski definition) is 1. The van der Waals surface area contributed by atoms with Gasteiger partial charge in [0.05, 0.1) is 6.21 Å². The van der Waals surface area contributed by atoms with Crippen molar-refractivity contribution in [3.05, 3.63) is 12.2 Å². The second-order valence-corrected chi connectivity index (χ2v) is 1.93. The van der Waals surface area contributed by atoms with Crippen LogP contribution in [0.4, 0.5) is 0 Å². The molecule has 0 spiro atoms. The lowest BCUT2D eigenvalue weighted by molar-refractivity contribution is 0.319. The van der Waals surface area contributed by atoms with Crippen LogP contribution in [0.3, 0.4) is 0 Å². The molecule has 0 radical (unpaired) electrons. The first-order valence-corrected chi connectivity index (χ1v) is 2.77. The van der Waals surface area contributed by atoms with E-state index in [0.29, 0.717) is 5.92 Å². The van der Waals surface area contributed by atoms with Crippen LogP contribution in [0.25, 0.3) is 0 Å². The molecule has 0 aromatic rings. The fourth-order valence-corrected chi connectivity index (χ4v) is 0.866. The molecular weight excluding hydrogens is 102 g/mol. The molecule has 2 heteroatoms. The molecule has 1 rings (SSSR count). The van der Waals surface area contributed by atoms with E-state index < -0.39 is 0 Å². The number of oxime groups is 1. The molecule has 1 N–H and O–H groups in total. The maximum atomic E-state index is 8.06. The van der Waals surface area contributed by atoms with E-state index in [4.69, 9.17) is 5.21 Å². The van der Waals surface area contributed by atoms with E-state index in [1.807, 2.05) is 0 Å². The molecule has 1 aliphatic rings. The van der Waals surface area contributed by atoms with Gasteiger partial charge in [-0.25, -0.2) is 0 Å². The number of hydrogen-bond acceptors (Lipinski definition) is 2. The van der Waals surface area contributed by atoms with E-state index >= 15 is 0 Å². The van der Waals surface area contributed by atoms with Gasteiger partial charge in [0.1, 0.15) is 0 Å². The van der Waals surface area contributed by atoms with Crippen molar-refractivity contribution in [2.24, 2.45) is 11.1 Å². The zero-order chi connectivity index (χ0) is 5.82. The van der Waals surface area contributed by atoms with Gasteiger partial charge in [-0.3, -0.25) is 0 Å². The van der Waals surface area contributed by atoms with Gasteiger partial charge < -0.3 is 5.21 Å². The molecule has 1 aliphatic carbocycles. The highest BCUT2D eigenvalue weighted by Crippen LogP contribution is 2.13. The minimum atomic E-state index is 0.389. The highest BCUT2D eigenvalue weighted by Gasteiger charge is 2.04. The minimum Gasteiger partial charge on any atom is -0.411 e. The van der Waals surface area contributed by atoms with Crippen LogP contribution in [0.15, 0.2) is 17.3 Å². The van der Waals surface area contributed by atoms with Crippen molar-refractivity contribution in [2.75, 3.05) is 0 Å². The maximum Gasteiger partial charge on any atom is 0.0504 e. The summed E-state index contributed by atoms with van der Waals surface area (Å²) >= 11 is 0. The van der Waals surface area contributed by atoms with Gasteiger partial charge in [0.15, 0.2) is 0 Å². The van der Waals surface area contributed by atoms with Gasteiger partial charge >= 0.3 is 0 Å². The van der Waals surface area contributed by atoms with Crippen LogP contribution < -0.4 is 0 Å². The normalized spacial score (nSPS) is 27.8. The van der Waals surface area contributed by atoms with Gasteiger partial charge in [-0.2, -0.15) is 0 Å². The first-order valence-electron chi connectivity index (χ1n) is 2.77. The van der Waals surface area contributed by atoms with Gasteiger partial charge in [-0.1, -0.05) is 12.2 Å². The Kier molecular flexibility index (Phi) is 1.67. The fourth-order valence-electron chi connectivity index (χ4n) is 0.866. The summed E-state index contributed by atoms with van der Waals surface area (Å²) in [5, 5.41) is 11.0. The molecule has 0 fully saturated rings. The molecule has 0 aromatic carbocycles. The molecule has 0 heterocycles. The van der Waals surface area contributed by atoms with Gasteiger partial charge in [-0.15, -0.1) is 5.16 Å².